The Hall–Kier alpha value is -1.44. The van der Waals surface area contributed by atoms with Gasteiger partial charge in [-0.2, -0.15) is 5.26 Å². The molecule has 0 unspecified atom stereocenters. The second-order valence-corrected chi connectivity index (χ2v) is 1.97. The second-order valence-electron chi connectivity index (χ2n) is 1.97. The first kappa shape index (κ1) is 7.66. The van der Waals surface area contributed by atoms with E-state index in [1.807, 2.05) is 6.07 Å². The lowest BCUT2D eigenvalue weighted by Gasteiger charge is -1.95. The molecule has 0 saturated carbocycles. The molecule has 0 aliphatic heterocycles. The van der Waals surface area contributed by atoms with Gasteiger partial charge in [0.2, 0.25) is 0 Å². The third kappa shape index (κ3) is 2.00. The molecule has 4 heteroatoms. The molecule has 2 N–H and O–H groups in total. The molecule has 1 aromatic rings. The summed E-state index contributed by atoms with van der Waals surface area (Å²) in [6.45, 7) is 0.318. The Bertz CT molecular complexity index is 262. The SMILES string of the molecule is N#Cc1ccc(CON)cn1. The molecule has 0 atom stereocenters. The van der Waals surface area contributed by atoms with Gasteiger partial charge in [-0.15, -0.1) is 0 Å². The van der Waals surface area contributed by atoms with Crippen LogP contribution in [0.1, 0.15) is 11.3 Å². The normalized spacial score (nSPS) is 9.09. The van der Waals surface area contributed by atoms with Gasteiger partial charge in [-0.3, -0.25) is 4.84 Å². The minimum absolute atomic E-state index is 0.318. The topological polar surface area (TPSA) is 71.9 Å². The predicted octanol–water partition coefficient (Wildman–Crippen LogP) is 0.344. The van der Waals surface area contributed by atoms with E-state index in [1.165, 1.54) is 0 Å². The van der Waals surface area contributed by atoms with Gasteiger partial charge >= 0.3 is 0 Å². The van der Waals surface area contributed by atoms with Gasteiger partial charge in [0.25, 0.3) is 0 Å². The Morgan fingerprint density at radius 3 is 2.91 bits per heavy atom. The lowest BCUT2D eigenvalue weighted by Crippen LogP contribution is -1.99. The third-order valence-electron chi connectivity index (χ3n) is 1.19. The fraction of sp³-hybridized carbons (Fsp3) is 0.143. The minimum atomic E-state index is 0.318. The number of nitrogens with two attached hydrogens (primary N) is 1. The van der Waals surface area contributed by atoms with Gasteiger partial charge in [-0.1, -0.05) is 6.07 Å². The van der Waals surface area contributed by atoms with Crippen LogP contribution >= 0.6 is 0 Å². The van der Waals surface area contributed by atoms with Crippen molar-refractivity contribution in [2.24, 2.45) is 5.90 Å². The molecule has 0 bridgehead atoms. The smallest absolute Gasteiger partial charge is 0.140 e. The quantitative estimate of drug-likeness (QED) is 0.615. The van der Waals surface area contributed by atoms with E-state index in [9.17, 15) is 0 Å². The zero-order chi connectivity index (χ0) is 8.10. The number of nitriles is 1. The van der Waals surface area contributed by atoms with Crippen LogP contribution in [0.2, 0.25) is 0 Å². The molecule has 1 heterocycles. The van der Waals surface area contributed by atoms with Crippen molar-refractivity contribution in [2.75, 3.05) is 0 Å². The maximum Gasteiger partial charge on any atom is 0.140 e. The van der Waals surface area contributed by atoms with Crippen LogP contribution in [0.15, 0.2) is 18.3 Å². The van der Waals surface area contributed by atoms with Crippen molar-refractivity contribution in [3.63, 3.8) is 0 Å². The van der Waals surface area contributed by atoms with Crippen LogP contribution in [-0.2, 0) is 11.4 Å². The summed E-state index contributed by atoms with van der Waals surface area (Å²) in [5.41, 5.74) is 1.25. The monoisotopic (exact) mass is 149 g/mol. The van der Waals surface area contributed by atoms with E-state index in [0.717, 1.165) is 5.56 Å². The highest BCUT2D eigenvalue weighted by Crippen LogP contribution is 1.99. The van der Waals surface area contributed by atoms with Gasteiger partial charge in [0.05, 0.1) is 6.61 Å². The number of hydrogen-bond donors (Lipinski definition) is 1. The number of nitrogens with zero attached hydrogens (tertiary/aromatic N) is 2. The van der Waals surface area contributed by atoms with Crippen LogP contribution in [-0.4, -0.2) is 4.98 Å². The van der Waals surface area contributed by atoms with Gasteiger partial charge < -0.3 is 0 Å². The lowest BCUT2D eigenvalue weighted by molar-refractivity contribution is 0.124. The Morgan fingerprint density at radius 2 is 2.45 bits per heavy atom. The van der Waals surface area contributed by atoms with Gasteiger partial charge in [-0.05, 0) is 11.6 Å². The maximum atomic E-state index is 8.39. The molecular weight excluding hydrogens is 142 g/mol. The van der Waals surface area contributed by atoms with Crippen LogP contribution in [0.3, 0.4) is 0 Å². The highest BCUT2D eigenvalue weighted by atomic mass is 16.6. The van der Waals surface area contributed by atoms with E-state index in [0.29, 0.717) is 12.3 Å². The fourth-order valence-corrected chi connectivity index (χ4v) is 0.672. The van der Waals surface area contributed by atoms with Crippen LogP contribution in [0.25, 0.3) is 0 Å². The zero-order valence-corrected chi connectivity index (χ0v) is 5.82. The van der Waals surface area contributed by atoms with Crippen molar-refractivity contribution in [1.82, 2.24) is 4.98 Å². The lowest BCUT2D eigenvalue weighted by atomic mass is 10.3. The fourth-order valence-electron chi connectivity index (χ4n) is 0.672. The van der Waals surface area contributed by atoms with Crippen molar-refractivity contribution in [2.45, 2.75) is 6.61 Å². The van der Waals surface area contributed by atoms with Gasteiger partial charge in [-0.25, -0.2) is 10.9 Å². The summed E-state index contributed by atoms with van der Waals surface area (Å²) in [5.74, 6) is 4.84. The van der Waals surface area contributed by atoms with E-state index in [-0.39, 0.29) is 0 Å². The molecule has 56 valence electrons. The summed E-state index contributed by atoms with van der Waals surface area (Å²) in [6, 6.07) is 5.28. The second kappa shape index (κ2) is 3.66. The van der Waals surface area contributed by atoms with Crippen molar-refractivity contribution in [1.29, 1.82) is 5.26 Å². The number of aromatic nitrogens is 1. The molecule has 0 aromatic carbocycles. The number of rotatable bonds is 2. The van der Waals surface area contributed by atoms with E-state index >= 15 is 0 Å². The largest absolute Gasteiger partial charge is 0.300 e. The molecule has 0 saturated heterocycles. The van der Waals surface area contributed by atoms with E-state index in [2.05, 4.69) is 9.82 Å². The summed E-state index contributed by atoms with van der Waals surface area (Å²) in [5, 5.41) is 8.39. The van der Waals surface area contributed by atoms with Crippen molar-refractivity contribution in [3.8, 4) is 6.07 Å². The molecule has 1 rings (SSSR count). The van der Waals surface area contributed by atoms with E-state index in [4.69, 9.17) is 11.2 Å². The summed E-state index contributed by atoms with van der Waals surface area (Å²) in [7, 11) is 0. The Morgan fingerprint density at radius 1 is 1.64 bits per heavy atom. The van der Waals surface area contributed by atoms with Crippen molar-refractivity contribution in [3.05, 3.63) is 29.6 Å². The molecular formula is C7H7N3O. The van der Waals surface area contributed by atoms with Crippen LogP contribution in [0, 0.1) is 11.3 Å². The predicted molar refractivity (Wildman–Crippen MR) is 37.9 cm³/mol. The first-order valence-corrected chi connectivity index (χ1v) is 3.03. The van der Waals surface area contributed by atoms with E-state index < -0.39 is 0 Å². The summed E-state index contributed by atoms with van der Waals surface area (Å²) < 4.78 is 0. The Kier molecular flexibility index (Phi) is 2.55. The average molecular weight is 149 g/mol. The van der Waals surface area contributed by atoms with Gasteiger partial charge in [0, 0.05) is 6.20 Å². The third-order valence-corrected chi connectivity index (χ3v) is 1.19. The van der Waals surface area contributed by atoms with Crippen molar-refractivity contribution < 1.29 is 4.84 Å². The molecule has 4 nitrogen and oxygen atoms in total. The molecule has 0 aliphatic rings. The zero-order valence-electron chi connectivity index (χ0n) is 5.82. The molecule has 0 radical (unpaired) electrons. The summed E-state index contributed by atoms with van der Waals surface area (Å²) in [4.78, 5) is 8.20. The minimum Gasteiger partial charge on any atom is -0.300 e. The maximum absolute atomic E-state index is 8.39. The number of hydrogen-bond acceptors (Lipinski definition) is 4. The molecule has 0 aliphatic carbocycles. The molecule has 0 amide bonds. The molecule has 0 fully saturated rings. The molecule has 11 heavy (non-hydrogen) atoms. The van der Waals surface area contributed by atoms with Crippen LogP contribution in [0.4, 0.5) is 0 Å². The van der Waals surface area contributed by atoms with E-state index in [1.54, 1.807) is 18.3 Å². The van der Waals surface area contributed by atoms with Gasteiger partial charge in [0.1, 0.15) is 11.8 Å². The van der Waals surface area contributed by atoms with Gasteiger partial charge in [0.15, 0.2) is 0 Å². The highest BCUT2D eigenvalue weighted by Gasteiger charge is 1.92. The Labute approximate surface area is 64.2 Å². The summed E-state index contributed by atoms with van der Waals surface area (Å²) in [6.07, 6.45) is 1.56. The number of pyridine rings is 1. The summed E-state index contributed by atoms with van der Waals surface area (Å²) >= 11 is 0. The first-order chi connectivity index (χ1) is 5.36. The van der Waals surface area contributed by atoms with Crippen LogP contribution < -0.4 is 5.90 Å². The average Bonchev–Trinajstić information content (AvgIpc) is 2.07. The highest BCUT2D eigenvalue weighted by molar-refractivity contribution is 5.22. The van der Waals surface area contributed by atoms with Crippen molar-refractivity contribution >= 4 is 0 Å². The first-order valence-electron chi connectivity index (χ1n) is 3.03. The standard InChI is InChI=1S/C7H7N3O/c8-3-7-2-1-6(4-10-7)5-11-9/h1-2,4H,5,9H2. The molecule has 0 spiro atoms. The molecule has 1 aromatic heterocycles. The van der Waals surface area contributed by atoms with Crippen LogP contribution in [0.5, 0.6) is 0 Å². The Balaban J connectivity index is 2.76.